The van der Waals surface area contributed by atoms with Crippen molar-refractivity contribution < 1.29 is 28.6 Å². The van der Waals surface area contributed by atoms with Gasteiger partial charge in [0.1, 0.15) is 19.2 Å². The van der Waals surface area contributed by atoms with Gasteiger partial charge in [0.25, 0.3) is 0 Å². The molecule has 6 rings (SSSR count). The van der Waals surface area contributed by atoms with Crippen LogP contribution >= 0.6 is 0 Å². The van der Waals surface area contributed by atoms with Gasteiger partial charge in [0.2, 0.25) is 5.91 Å². The molecule has 0 aliphatic heterocycles. The lowest BCUT2D eigenvalue weighted by molar-refractivity contribution is -0.153. The molecule has 8 heteroatoms. The Labute approximate surface area is 298 Å². The summed E-state index contributed by atoms with van der Waals surface area (Å²) in [4.78, 5) is 40.5. The maximum atomic E-state index is 13.7. The minimum atomic E-state index is -1.29. The van der Waals surface area contributed by atoms with Crippen molar-refractivity contribution in [1.29, 1.82) is 0 Å². The van der Waals surface area contributed by atoms with E-state index in [9.17, 15) is 14.4 Å². The van der Waals surface area contributed by atoms with Crippen LogP contribution in [-0.4, -0.2) is 49.4 Å². The van der Waals surface area contributed by atoms with Crippen molar-refractivity contribution in [2.75, 3.05) is 19.8 Å². The highest BCUT2D eigenvalue weighted by Crippen LogP contribution is 2.44. The van der Waals surface area contributed by atoms with E-state index in [1.165, 1.54) is 0 Å². The molecule has 5 aromatic carbocycles. The fraction of sp³-hybridized carbons (Fsp3) is 0.233. The average molecular weight is 683 g/mol. The van der Waals surface area contributed by atoms with E-state index in [1.54, 1.807) is 0 Å². The Morgan fingerprint density at radius 1 is 0.647 bits per heavy atom. The fourth-order valence-electron chi connectivity index (χ4n) is 6.48. The molecule has 0 heterocycles. The van der Waals surface area contributed by atoms with E-state index in [-0.39, 0.29) is 19.1 Å². The lowest BCUT2D eigenvalue weighted by atomic mass is 9.80. The van der Waals surface area contributed by atoms with Gasteiger partial charge < -0.3 is 24.8 Å². The molecule has 0 aromatic heterocycles. The zero-order valence-electron chi connectivity index (χ0n) is 29.0. The fourth-order valence-corrected chi connectivity index (χ4v) is 6.48. The maximum absolute atomic E-state index is 13.7. The Hall–Kier alpha value is -5.73. The lowest BCUT2D eigenvalue weighted by Gasteiger charge is -2.35. The van der Waals surface area contributed by atoms with Crippen molar-refractivity contribution in [2.24, 2.45) is 0 Å². The Bertz CT molecular complexity index is 1820. The lowest BCUT2D eigenvalue weighted by Crippen LogP contribution is -2.52. The van der Waals surface area contributed by atoms with Crippen LogP contribution in [-0.2, 0) is 29.4 Å². The monoisotopic (exact) mass is 682 g/mol. The topological polar surface area (TPSA) is 103 Å². The highest BCUT2D eigenvalue weighted by atomic mass is 16.6. The van der Waals surface area contributed by atoms with Crippen molar-refractivity contribution in [3.8, 4) is 11.1 Å². The molecule has 1 aliphatic carbocycles. The Balaban J connectivity index is 1.16. The number of amides is 2. The van der Waals surface area contributed by atoms with E-state index in [0.717, 1.165) is 38.9 Å². The van der Waals surface area contributed by atoms with Crippen LogP contribution in [0.3, 0.4) is 0 Å². The summed E-state index contributed by atoms with van der Waals surface area (Å²) in [7, 11) is 0. The van der Waals surface area contributed by atoms with E-state index in [4.69, 9.17) is 14.2 Å². The maximum Gasteiger partial charge on any atom is 0.407 e. The van der Waals surface area contributed by atoms with Gasteiger partial charge in [0.05, 0.1) is 12.2 Å². The summed E-state index contributed by atoms with van der Waals surface area (Å²) in [5, 5.41) is 5.32. The van der Waals surface area contributed by atoms with Gasteiger partial charge in [-0.05, 0) is 43.0 Å². The minimum absolute atomic E-state index is 0.0845. The smallest absolute Gasteiger partial charge is 0.407 e. The first-order chi connectivity index (χ1) is 24.7. The normalized spacial score (nSPS) is 13.0. The average Bonchev–Trinajstić information content (AvgIpc) is 3.47. The SMILES string of the molecule is CC(C)(C)OC[C@H](NC(=O)OCC1c2ccccc2-c2ccccc21)C(=O)NCC(=O)OC(c1ccccc1)(c1ccccc1)c1ccccc1. The number of rotatable bonds is 12. The van der Waals surface area contributed by atoms with Crippen molar-refractivity contribution in [3.63, 3.8) is 0 Å². The van der Waals surface area contributed by atoms with Crippen LogP contribution in [0.1, 0.15) is 54.5 Å². The number of carbonyl (C=O) groups is 3. The standard InChI is InChI=1S/C43H42N2O6/c1-42(2,3)50-29-38(45-41(48)49-28-37-35-25-15-13-23-33(35)34-24-14-16-26-36(34)37)40(47)44-27-39(46)51-43(30-17-7-4-8-18-30,31-19-9-5-10-20-31)32-21-11-6-12-22-32/h4-26,37-38H,27-29H2,1-3H3,(H,44,47)(H,45,48)/t38-/m0/s1. The van der Waals surface area contributed by atoms with E-state index in [1.807, 2.05) is 148 Å². The number of hydrogen-bond donors (Lipinski definition) is 2. The summed E-state index contributed by atoms with van der Waals surface area (Å²) in [6, 6.07) is 43.4. The molecule has 0 saturated heterocycles. The van der Waals surface area contributed by atoms with Crippen molar-refractivity contribution >= 4 is 18.0 Å². The predicted molar refractivity (Wildman–Crippen MR) is 196 cm³/mol. The minimum Gasteiger partial charge on any atom is -0.449 e. The molecule has 0 unspecified atom stereocenters. The summed E-state index contributed by atoms with van der Waals surface area (Å²) < 4.78 is 18.0. The van der Waals surface area contributed by atoms with Crippen LogP contribution < -0.4 is 10.6 Å². The van der Waals surface area contributed by atoms with E-state index in [2.05, 4.69) is 22.8 Å². The summed E-state index contributed by atoms with van der Waals surface area (Å²) in [5.41, 5.74) is 4.73. The molecule has 0 radical (unpaired) electrons. The summed E-state index contributed by atoms with van der Waals surface area (Å²) >= 11 is 0. The number of nitrogens with one attached hydrogen (secondary N) is 2. The van der Waals surface area contributed by atoms with Crippen LogP contribution in [0.25, 0.3) is 11.1 Å². The van der Waals surface area contributed by atoms with Gasteiger partial charge in [-0.2, -0.15) is 0 Å². The van der Waals surface area contributed by atoms with Crippen LogP contribution in [0, 0.1) is 0 Å². The van der Waals surface area contributed by atoms with Gasteiger partial charge in [-0.3, -0.25) is 9.59 Å². The molecule has 0 spiro atoms. The summed E-state index contributed by atoms with van der Waals surface area (Å²) in [5.74, 6) is -1.43. The Kier molecular flexibility index (Phi) is 10.6. The first kappa shape index (κ1) is 35.1. The predicted octanol–water partition coefficient (Wildman–Crippen LogP) is 7.36. The molecular weight excluding hydrogens is 640 g/mol. The number of esters is 1. The second-order valence-electron chi connectivity index (χ2n) is 13.4. The number of ether oxygens (including phenoxy) is 3. The molecule has 8 nitrogen and oxygen atoms in total. The third kappa shape index (κ3) is 8.03. The first-order valence-corrected chi connectivity index (χ1v) is 17.1. The number of hydrogen-bond acceptors (Lipinski definition) is 6. The second-order valence-corrected chi connectivity index (χ2v) is 13.4. The van der Waals surface area contributed by atoms with E-state index >= 15 is 0 Å². The van der Waals surface area contributed by atoms with Crippen LogP contribution in [0.5, 0.6) is 0 Å². The summed E-state index contributed by atoms with van der Waals surface area (Å²) in [6.45, 7) is 5.04. The summed E-state index contributed by atoms with van der Waals surface area (Å²) in [6.07, 6.45) is -0.770. The molecule has 0 bridgehead atoms. The molecule has 260 valence electrons. The molecule has 0 saturated carbocycles. The van der Waals surface area contributed by atoms with Crippen LogP contribution in [0.15, 0.2) is 140 Å². The molecule has 1 aliphatic rings. The van der Waals surface area contributed by atoms with Gasteiger partial charge in [-0.25, -0.2) is 4.79 Å². The molecular formula is C43H42N2O6. The Morgan fingerprint density at radius 2 is 1.10 bits per heavy atom. The molecule has 1 atom stereocenters. The quantitative estimate of drug-likeness (QED) is 0.105. The molecule has 0 fully saturated rings. The Morgan fingerprint density at radius 3 is 1.57 bits per heavy atom. The molecule has 2 N–H and O–H groups in total. The zero-order valence-corrected chi connectivity index (χ0v) is 29.0. The number of alkyl carbamates (subject to hydrolysis) is 1. The van der Waals surface area contributed by atoms with Gasteiger partial charge in [-0.15, -0.1) is 0 Å². The highest BCUT2D eigenvalue weighted by Gasteiger charge is 2.40. The molecule has 5 aromatic rings. The highest BCUT2D eigenvalue weighted by molar-refractivity contribution is 5.88. The molecule has 2 amide bonds. The molecule has 51 heavy (non-hydrogen) atoms. The number of carbonyl (C=O) groups excluding carboxylic acids is 3. The van der Waals surface area contributed by atoms with Crippen molar-refractivity contribution in [1.82, 2.24) is 10.6 Å². The van der Waals surface area contributed by atoms with Crippen molar-refractivity contribution in [3.05, 3.63) is 167 Å². The van der Waals surface area contributed by atoms with Gasteiger partial charge in [0.15, 0.2) is 5.60 Å². The number of fused-ring (bicyclic) bond motifs is 3. The number of benzene rings is 5. The van der Waals surface area contributed by atoms with Gasteiger partial charge in [-0.1, -0.05) is 140 Å². The first-order valence-electron chi connectivity index (χ1n) is 17.1. The van der Waals surface area contributed by atoms with Crippen LogP contribution in [0.2, 0.25) is 0 Å². The third-order valence-corrected chi connectivity index (χ3v) is 8.85. The zero-order chi connectivity index (χ0) is 35.8. The van der Waals surface area contributed by atoms with E-state index in [0.29, 0.717) is 0 Å². The van der Waals surface area contributed by atoms with Gasteiger partial charge in [0, 0.05) is 22.6 Å². The van der Waals surface area contributed by atoms with Crippen molar-refractivity contribution in [2.45, 2.75) is 43.9 Å². The largest absolute Gasteiger partial charge is 0.449 e. The van der Waals surface area contributed by atoms with Crippen LogP contribution in [0.4, 0.5) is 4.79 Å². The van der Waals surface area contributed by atoms with Gasteiger partial charge >= 0.3 is 12.1 Å². The second kappa shape index (κ2) is 15.4. The third-order valence-electron chi connectivity index (χ3n) is 8.85. The van der Waals surface area contributed by atoms with E-state index < -0.39 is 41.8 Å².